The van der Waals surface area contributed by atoms with E-state index >= 15 is 0 Å². The predicted molar refractivity (Wildman–Crippen MR) is 149 cm³/mol. The third kappa shape index (κ3) is 7.98. The number of nitrogens with one attached hydrogen (secondary N) is 1. The summed E-state index contributed by atoms with van der Waals surface area (Å²) in [4.78, 5) is 26.6. The molecular formula is C27H41N6OS+. The van der Waals surface area contributed by atoms with Crippen LogP contribution < -0.4 is 5.32 Å². The topological polar surface area (TPSA) is 60.8 Å². The summed E-state index contributed by atoms with van der Waals surface area (Å²) in [7, 11) is 8.82. The van der Waals surface area contributed by atoms with Gasteiger partial charge in [0.1, 0.15) is 10.8 Å². The standard InChI is InChI=1S/C27H40N6OS/c1-8-32-20(2)17-23(29-21(32)3)19-26-30-24-12-11-22(18-25(24)35-26)27(34)28-13-9-14-31(4)15-10-16-33(5,6)7/h11-12,17-19H,8-10,13-16H2,1-7H3/p+1/b23-19-. The minimum absolute atomic E-state index is 0.0291. The van der Waals surface area contributed by atoms with Crippen molar-refractivity contribution in [1.82, 2.24) is 20.1 Å². The van der Waals surface area contributed by atoms with Gasteiger partial charge >= 0.3 is 0 Å². The molecule has 0 unspecified atom stereocenters. The van der Waals surface area contributed by atoms with Crippen LogP contribution in [-0.2, 0) is 0 Å². The van der Waals surface area contributed by atoms with Gasteiger partial charge in [0.25, 0.3) is 5.91 Å². The van der Waals surface area contributed by atoms with E-state index in [0.29, 0.717) is 12.1 Å². The van der Waals surface area contributed by atoms with Gasteiger partial charge in [0.05, 0.1) is 43.6 Å². The molecule has 0 aliphatic carbocycles. The fourth-order valence-corrected chi connectivity index (χ4v) is 5.18. The number of benzene rings is 1. The first kappa shape index (κ1) is 27.0. The second-order valence-corrected chi connectivity index (χ2v) is 11.3. The molecule has 0 saturated heterocycles. The quantitative estimate of drug-likeness (QED) is 0.368. The molecule has 0 saturated carbocycles. The largest absolute Gasteiger partial charge is 0.352 e. The van der Waals surface area contributed by atoms with Gasteiger partial charge in [-0.15, -0.1) is 11.3 Å². The summed E-state index contributed by atoms with van der Waals surface area (Å²) in [5.41, 5.74) is 3.67. The molecule has 1 aliphatic heterocycles. The van der Waals surface area contributed by atoms with Gasteiger partial charge in [-0.3, -0.25) is 4.79 Å². The Morgan fingerprint density at radius 3 is 2.63 bits per heavy atom. The molecule has 190 valence electrons. The van der Waals surface area contributed by atoms with Crippen molar-refractivity contribution in [3.05, 3.63) is 46.2 Å². The molecule has 0 bridgehead atoms. The molecule has 3 rings (SSSR count). The molecule has 1 aromatic carbocycles. The van der Waals surface area contributed by atoms with Crippen molar-refractivity contribution in [2.24, 2.45) is 4.99 Å². The number of amidine groups is 1. The summed E-state index contributed by atoms with van der Waals surface area (Å²) in [5, 5.41) is 3.96. The lowest BCUT2D eigenvalue weighted by molar-refractivity contribution is -0.870. The Labute approximate surface area is 214 Å². The van der Waals surface area contributed by atoms with E-state index in [1.807, 2.05) is 31.2 Å². The summed E-state index contributed by atoms with van der Waals surface area (Å²) in [6, 6.07) is 5.73. The Balaban J connectivity index is 1.54. The highest BCUT2D eigenvalue weighted by Crippen LogP contribution is 2.27. The molecule has 1 aliphatic rings. The lowest BCUT2D eigenvalue weighted by Crippen LogP contribution is -2.37. The first-order chi connectivity index (χ1) is 16.6. The second kappa shape index (κ2) is 11.9. The molecule has 7 nitrogen and oxygen atoms in total. The molecule has 2 heterocycles. The number of amides is 1. The molecule has 0 atom stereocenters. The average molecular weight is 498 g/mol. The monoisotopic (exact) mass is 497 g/mol. The van der Waals surface area contributed by atoms with E-state index in [9.17, 15) is 4.79 Å². The first-order valence-electron chi connectivity index (χ1n) is 12.5. The number of hydrogen-bond acceptors (Lipinski definition) is 6. The smallest absolute Gasteiger partial charge is 0.251 e. The third-order valence-electron chi connectivity index (χ3n) is 6.09. The molecular weight excluding hydrogens is 456 g/mol. The second-order valence-electron chi connectivity index (χ2n) is 10.3. The summed E-state index contributed by atoms with van der Waals surface area (Å²) in [6.07, 6.45) is 6.22. The van der Waals surface area contributed by atoms with Gasteiger partial charge in [-0.25, -0.2) is 9.98 Å². The number of fused-ring (bicyclic) bond motifs is 1. The highest BCUT2D eigenvalue weighted by Gasteiger charge is 2.14. The molecule has 8 heteroatoms. The van der Waals surface area contributed by atoms with Crippen molar-refractivity contribution in [2.45, 2.75) is 33.6 Å². The number of hydrogen-bond donors (Lipinski definition) is 1. The molecule has 0 radical (unpaired) electrons. The van der Waals surface area contributed by atoms with E-state index in [-0.39, 0.29) is 5.91 Å². The predicted octanol–water partition coefficient (Wildman–Crippen LogP) is 4.44. The van der Waals surface area contributed by atoms with Crippen LogP contribution in [0.5, 0.6) is 0 Å². The zero-order chi connectivity index (χ0) is 25.6. The van der Waals surface area contributed by atoms with Crippen molar-refractivity contribution in [3.63, 3.8) is 0 Å². The number of quaternary nitrogens is 1. The number of nitrogens with zero attached hydrogens (tertiary/aromatic N) is 5. The lowest BCUT2D eigenvalue weighted by atomic mass is 10.2. The maximum Gasteiger partial charge on any atom is 0.251 e. The van der Waals surface area contributed by atoms with Crippen LogP contribution in [0, 0.1) is 0 Å². The highest BCUT2D eigenvalue weighted by molar-refractivity contribution is 7.19. The SMILES string of the molecule is CCN1C(C)=C/C(=C/c2nc3ccc(C(=O)NCCCN(C)CCC[N+](C)(C)C)cc3s2)N=C1C. The maximum atomic E-state index is 12.7. The van der Waals surface area contributed by atoms with Gasteiger partial charge in [-0.1, -0.05) is 0 Å². The number of carbonyl (C=O) groups is 1. The molecule has 1 N–H and O–H groups in total. The first-order valence-corrected chi connectivity index (χ1v) is 13.3. The Morgan fingerprint density at radius 1 is 1.20 bits per heavy atom. The van der Waals surface area contributed by atoms with Crippen LogP contribution in [0.4, 0.5) is 0 Å². The Hall–Kier alpha value is -2.55. The third-order valence-corrected chi connectivity index (χ3v) is 7.05. The number of thiazole rings is 1. The van der Waals surface area contributed by atoms with Crippen LogP contribution in [0.3, 0.4) is 0 Å². The Bertz CT molecular complexity index is 1100. The Morgan fingerprint density at radius 2 is 1.94 bits per heavy atom. The molecule has 1 aromatic heterocycles. The van der Waals surface area contributed by atoms with Crippen LogP contribution in [0.15, 0.2) is 40.7 Å². The number of carbonyl (C=O) groups excluding carboxylic acids is 1. The van der Waals surface area contributed by atoms with Crippen LogP contribution in [0.2, 0.25) is 0 Å². The summed E-state index contributed by atoms with van der Waals surface area (Å²) < 4.78 is 2.00. The minimum Gasteiger partial charge on any atom is -0.352 e. The van der Waals surface area contributed by atoms with Gasteiger partial charge in [-0.2, -0.15) is 0 Å². The lowest BCUT2D eigenvalue weighted by Gasteiger charge is -2.26. The highest BCUT2D eigenvalue weighted by atomic mass is 32.1. The van der Waals surface area contributed by atoms with Gasteiger partial charge < -0.3 is 19.6 Å². The van der Waals surface area contributed by atoms with Gasteiger partial charge in [-0.05, 0) is 71.1 Å². The molecule has 0 spiro atoms. The number of allylic oxidation sites excluding steroid dienone is 2. The van der Waals surface area contributed by atoms with Crippen molar-refractivity contribution < 1.29 is 9.28 Å². The number of aliphatic imine (C=N–C) groups is 1. The van der Waals surface area contributed by atoms with Crippen LogP contribution >= 0.6 is 11.3 Å². The van der Waals surface area contributed by atoms with Crippen LogP contribution in [-0.4, -0.2) is 91.9 Å². The van der Waals surface area contributed by atoms with E-state index in [1.165, 1.54) is 18.7 Å². The minimum atomic E-state index is -0.0291. The normalized spacial score (nSPS) is 15.7. The van der Waals surface area contributed by atoms with Crippen molar-refractivity contribution in [3.8, 4) is 0 Å². The summed E-state index contributed by atoms with van der Waals surface area (Å²) in [5.74, 6) is 0.966. The summed E-state index contributed by atoms with van der Waals surface area (Å²) in [6.45, 7) is 11.1. The van der Waals surface area contributed by atoms with E-state index in [2.05, 4.69) is 63.2 Å². The Kier molecular flexibility index (Phi) is 9.21. The number of aromatic nitrogens is 1. The van der Waals surface area contributed by atoms with E-state index in [4.69, 9.17) is 9.98 Å². The fourth-order valence-electron chi connectivity index (χ4n) is 4.23. The zero-order valence-electron chi connectivity index (χ0n) is 22.4. The van der Waals surface area contributed by atoms with Crippen LogP contribution in [0.25, 0.3) is 16.3 Å². The molecule has 35 heavy (non-hydrogen) atoms. The molecule has 0 fully saturated rings. The van der Waals surface area contributed by atoms with Crippen LogP contribution in [0.1, 0.15) is 49.0 Å². The van der Waals surface area contributed by atoms with Crippen molar-refractivity contribution >= 4 is 39.4 Å². The van der Waals surface area contributed by atoms with E-state index < -0.39 is 0 Å². The number of rotatable bonds is 11. The van der Waals surface area contributed by atoms with Gasteiger partial charge in [0, 0.05) is 37.3 Å². The van der Waals surface area contributed by atoms with Gasteiger partial charge in [0.2, 0.25) is 0 Å². The molecule has 1 amide bonds. The van der Waals surface area contributed by atoms with Gasteiger partial charge in [0.15, 0.2) is 0 Å². The van der Waals surface area contributed by atoms with E-state index in [0.717, 1.165) is 57.3 Å². The average Bonchev–Trinajstić information content (AvgIpc) is 3.16. The van der Waals surface area contributed by atoms with Crippen molar-refractivity contribution in [2.75, 3.05) is 60.9 Å². The van der Waals surface area contributed by atoms with Crippen molar-refractivity contribution in [1.29, 1.82) is 0 Å². The zero-order valence-corrected chi connectivity index (χ0v) is 23.2. The summed E-state index contributed by atoms with van der Waals surface area (Å²) >= 11 is 1.59. The maximum absolute atomic E-state index is 12.7. The molecule has 2 aromatic rings. The fraction of sp³-hybridized carbons (Fsp3) is 0.519. The van der Waals surface area contributed by atoms with E-state index in [1.54, 1.807) is 11.3 Å².